The fourth-order valence-electron chi connectivity index (χ4n) is 1.83. The molecule has 2 amide bonds. The first-order valence-electron chi connectivity index (χ1n) is 6.92. The van der Waals surface area contributed by atoms with E-state index in [-0.39, 0.29) is 6.03 Å². The number of hydrogen-bond donors (Lipinski definition) is 1. The second-order valence-electron chi connectivity index (χ2n) is 4.50. The molecule has 0 aromatic heterocycles. The van der Waals surface area contributed by atoms with Crippen molar-refractivity contribution in [3.63, 3.8) is 0 Å². The van der Waals surface area contributed by atoms with Crippen molar-refractivity contribution >= 4 is 6.03 Å². The third-order valence-electron chi connectivity index (χ3n) is 2.93. The summed E-state index contributed by atoms with van der Waals surface area (Å²) in [6.07, 6.45) is 9.22. The Morgan fingerprint density at radius 3 is 1.76 bits per heavy atom. The Hall–Kier alpha value is -0.930. The maximum atomic E-state index is 11.4. The van der Waals surface area contributed by atoms with Gasteiger partial charge in [0.25, 0.3) is 0 Å². The molecule has 0 bridgehead atoms. The minimum absolute atomic E-state index is 0.377. The molecule has 17 heavy (non-hydrogen) atoms. The zero-order valence-electron chi connectivity index (χ0n) is 11.4. The zero-order valence-corrected chi connectivity index (χ0v) is 11.4. The third kappa shape index (κ3) is 8.83. The molecular formula is C13H27N3O. The second kappa shape index (κ2) is 11.6. The average molecular weight is 241 g/mol. The van der Waals surface area contributed by atoms with Crippen molar-refractivity contribution in [1.82, 2.24) is 4.90 Å². The number of hydrogen-bond acceptors (Lipinski definition) is 2. The topological polar surface area (TPSA) is 56.5 Å². The summed E-state index contributed by atoms with van der Waals surface area (Å²) in [5.41, 5.74) is 6.81. The molecule has 0 aliphatic carbocycles. The lowest BCUT2D eigenvalue weighted by molar-refractivity contribution is 0.203. The molecule has 0 aliphatic rings. The summed E-state index contributed by atoms with van der Waals surface area (Å²) in [6, 6.07) is -0.377. The van der Waals surface area contributed by atoms with Crippen molar-refractivity contribution in [2.24, 2.45) is 5.11 Å². The fourth-order valence-corrected chi connectivity index (χ4v) is 1.83. The molecule has 0 fully saturated rings. The van der Waals surface area contributed by atoms with Gasteiger partial charge in [-0.15, -0.1) is 0 Å². The number of carbonyl (C=O) groups excluding carboxylic acids is 1. The first kappa shape index (κ1) is 16.1. The van der Waals surface area contributed by atoms with Crippen molar-refractivity contribution in [1.29, 1.82) is 5.53 Å². The molecule has 0 aromatic rings. The molecule has 0 unspecified atom stereocenters. The van der Waals surface area contributed by atoms with Gasteiger partial charge in [0.1, 0.15) is 0 Å². The fraction of sp³-hybridized carbons (Fsp3) is 0.923. The minimum atomic E-state index is -0.377. The van der Waals surface area contributed by atoms with Gasteiger partial charge in [-0.1, -0.05) is 57.5 Å². The van der Waals surface area contributed by atoms with Crippen LogP contribution in [0.1, 0.15) is 65.2 Å². The van der Waals surface area contributed by atoms with E-state index in [1.54, 1.807) is 4.90 Å². The predicted octanol–water partition coefficient (Wildman–Crippen LogP) is 4.60. The van der Waals surface area contributed by atoms with E-state index >= 15 is 0 Å². The van der Waals surface area contributed by atoms with E-state index in [2.05, 4.69) is 19.0 Å². The van der Waals surface area contributed by atoms with Crippen LogP contribution in [0.15, 0.2) is 5.11 Å². The number of nitrogens with one attached hydrogen (secondary N) is 1. The highest BCUT2D eigenvalue weighted by Crippen LogP contribution is 2.06. The Kier molecular flexibility index (Phi) is 10.9. The molecule has 0 saturated carbocycles. The van der Waals surface area contributed by atoms with E-state index < -0.39 is 0 Å². The summed E-state index contributed by atoms with van der Waals surface area (Å²) in [7, 11) is 0. The van der Waals surface area contributed by atoms with Crippen molar-refractivity contribution in [3.8, 4) is 0 Å². The summed E-state index contributed by atoms with van der Waals surface area (Å²) in [5.74, 6) is 0. The summed E-state index contributed by atoms with van der Waals surface area (Å²) in [4.78, 5) is 13.1. The van der Waals surface area contributed by atoms with Crippen LogP contribution in [0.25, 0.3) is 0 Å². The normalized spacial score (nSPS) is 10.2. The van der Waals surface area contributed by atoms with Gasteiger partial charge in [-0.2, -0.15) is 5.53 Å². The Balaban J connectivity index is 3.80. The summed E-state index contributed by atoms with van der Waals surface area (Å²) >= 11 is 0. The Bertz CT molecular complexity index is 195. The van der Waals surface area contributed by atoms with E-state index in [1.165, 1.54) is 25.7 Å². The van der Waals surface area contributed by atoms with Gasteiger partial charge in [0, 0.05) is 13.1 Å². The molecular weight excluding hydrogens is 214 g/mol. The first-order valence-corrected chi connectivity index (χ1v) is 6.92. The van der Waals surface area contributed by atoms with E-state index in [4.69, 9.17) is 5.53 Å². The van der Waals surface area contributed by atoms with Crippen LogP contribution >= 0.6 is 0 Å². The maximum absolute atomic E-state index is 11.4. The third-order valence-corrected chi connectivity index (χ3v) is 2.93. The Morgan fingerprint density at radius 2 is 1.41 bits per heavy atom. The number of urea groups is 1. The lowest BCUT2D eigenvalue weighted by Gasteiger charge is -2.19. The molecule has 4 nitrogen and oxygen atoms in total. The van der Waals surface area contributed by atoms with E-state index in [9.17, 15) is 4.79 Å². The largest absolute Gasteiger partial charge is 0.361 e. The summed E-state index contributed by atoms with van der Waals surface area (Å²) < 4.78 is 0. The van der Waals surface area contributed by atoms with E-state index in [0.29, 0.717) is 0 Å². The van der Waals surface area contributed by atoms with Crippen LogP contribution in [0.3, 0.4) is 0 Å². The van der Waals surface area contributed by atoms with Crippen molar-refractivity contribution in [3.05, 3.63) is 0 Å². The van der Waals surface area contributed by atoms with Crippen molar-refractivity contribution in [2.45, 2.75) is 65.2 Å². The molecule has 0 radical (unpaired) electrons. The van der Waals surface area contributed by atoms with Gasteiger partial charge in [0.15, 0.2) is 0 Å². The van der Waals surface area contributed by atoms with Crippen LogP contribution in [0.2, 0.25) is 0 Å². The quantitative estimate of drug-likeness (QED) is 0.441. The monoisotopic (exact) mass is 241 g/mol. The number of nitrogens with zero attached hydrogens (tertiary/aromatic N) is 2. The average Bonchev–Trinajstić information content (AvgIpc) is 2.36. The highest BCUT2D eigenvalue weighted by atomic mass is 16.2. The minimum Gasteiger partial charge on any atom is -0.322 e. The standard InChI is InChI=1S/C13H27N3O/c1-3-5-7-9-11-16(13(17)15-14)12-10-8-6-4-2/h14H,3-12H2,1-2H3. The maximum Gasteiger partial charge on any atom is 0.361 e. The van der Waals surface area contributed by atoms with Gasteiger partial charge < -0.3 is 4.90 Å². The summed E-state index contributed by atoms with van der Waals surface area (Å²) in [6.45, 7) is 5.86. The Morgan fingerprint density at radius 1 is 0.941 bits per heavy atom. The van der Waals surface area contributed by atoms with Crippen LogP contribution < -0.4 is 0 Å². The molecule has 0 rings (SSSR count). The van der Waals surface area contributed by atoms with Crippen LogP contribution in [0, 0.1) is 5.53 Å². The van der Waals surface area contributed by atoms with Crippen molar-refractivity contribution in [2.75, 3.05) is 13.1 Å². The number of rotatable bonds is 10. The number of amides is 2. The highest BCUT2D eigenvalue weighted by Gasteiger charge is 2.10. The van der Waals surface area contributed by atoms with Gasteiger partial charge >= 0.3 is 6.03 Å². The molecule has 0 atom stereocenters. The van der Waals surface area contributed by atoms with Crippen LogP contribution in [-0.4, -0.2) is 24.0 Å². The SMILES string of the molecule is CCCCCCN(CCCCCC)C(=O)N=N. The van der Waals surface area contributed by atoms with Crippen LogP contribution in [0.5, 0.6) is 0 Å². The lowest BCUT2D eigenvalue weighted by Crippen LogP contribution is -2.30. The van der Waals surface area contributed by atoms with Gasteiger partial charge in [-0.3, -0.25) is 0 Å². The van der Waals surface area contributed by atoms with Crippen molar-refractivity contribution < 1.29 is 4.79 Å². The molecule has 4 heteroatoms. The van der Waals surface area contributed by atoms with Crippen LogP contribution in [-0.2, 0) is 0 Å². The zero-order chi connectivity index (χ0) is 12.9. The van der Waals surface area contributed by atoms with Gasteiger partial charge in [0.2, 0.25) is 0 Å². The highest BCUT2D eigenvalue weighted by molar-refractivity contribution is 5.74. The van der Waals surface area contributed by atoms with E-state index in [1.807, 2.05) is 0 Å². The van der Waals surface area contributed by atoms with Gasteiger partial charge in [-0.05, 0) is 12.8 Å². The molecule has 0 spiro atoms. The molecule has 0 aromatic carbocycles. The molecule has 0 heterocycles. The second-order valence-corrected chi connectivity index (χ2v) is 4.50. The number of carbonyl (C=O) groups is 1. The molecule has 0 aliphatic heterocycles. The van der Waals surface area contributed by atoms with E-state index in [0.717, 1.165) is 38.8 Å². The first-order chi connectivity index (χ1) is 8.26. The predicted molar refractivity (Wildman–Crippen MR) is 70.4 cm³/mol. The Labute approximate surface area is 105 Å². The molecule has 100 valence electrons. The van der Waals surface area contributed by atoms with Gasteiger partial charge in [-0.25, -0.2) is 4.79 Å². The summed E-state index contributed by atoms with van der Waals surface area (Å²) in [5, 5.41) is 3.02. The van der Waals surface area contributed by atoms with Gasteiger partial charge in [0.05, 0.1) is 0 Å². The molecule has 0 saturated heterocycles. The lowest BCUT2D eigenvalue weighted by atomic mass is 10.2. The van der Waals surface area contributed by atoms with Crippen LogP contribution in [0.4, 0.5) is 4.79 Å². The smallest absolute Gasteiger partial charge is 0.322 e. The molecule has 1 N–H and O–H groups in total. The number of unbranched alkanes of at least 4 members (excludes halogenated alkanes) is 6.